The van der Waals surface area contributed by atoms with Crippen LogP contribution in [0.25, 0.3) is 0 Å². The number of aromatic nitrogens is 2. The summed E-state index contributed by atoms with van der Waals surface area (Å²) >= 11 is 0. The highest BCUT2D eigenvalue weighted by molar-refractivity contribution is 5.49. The summed E-state index contributed by atoms with van der Waals surface area (Å²) in [5, 5.41) is 3.12. The zero-order valence-corrected chi connectivity index (χ0v) is 13.7. The van der Waals surface area contributed by atoms with Crippen molar-refractivity contribution in [1.29, 1.82) is 0 Å². The molecule has 0 aromatic carbocycles. The summed E-state index contributed by atoms with van der Waals surface area (Å²) in [6.07, 6.45) is 5.16. The Morgan fingerprint density at radius 2 is 2.19 bits per heavy atom. The fourth-order valence-corrected chi connectivity index (χ4v) is 2.99. The van der Waals surface area contributed by atoms with E-state index in [1.165, 1.54) is 25.7 Å². The highest BCUT2D eigenvalue weighted by Gasteiger charge is 2.23. The summed E-state index contributed by atoms with van der Waals surface area (Å²) in [7, 11) is 4.04. The first-order chi connectivity index (χ1) is 10.1. The minimum absolute atomic E-state index is 0.466. The molecule has 118 valence electrons. The van der Waals surface area contributed by atoms with E-state index >= 15 is 0 Å². The molecular formula is C16H28N4O. The van der Waals surface area contributed by atoms with E-state index in [2.05, 4.69) is 34.2 Å². The van der Waals surface area contributed by atoms with Gasteiger partial charge in [0.25, 0.3) is 0 Å². The van der Waals surface area contributed by atoms with Crippen molar-refractivity contribution in [2.24, 2.45) is 5.92 Å². The average Bonchev–Trinajstić information content (AvgIpc) is 2.51. The second kappa shape index (κ2) is 7.59. The maximum Gasteiger partial charge on any atom is 0.158 e. The van der Waals surface area contributed by atoms with Crippen LogP contribution in [-0.2, 0) is 11.3 Å². The quantitative estimate of drug-likeness (QED) is 0.873. The van der Waals surface area contributed by atoms with Crippen molar-refractivity contribution in [2.75, 3.05) is 30.9 Å². The molecule has 0 amide bonds. The van der Waals surface area contributed by atoms with Crippen LogP contribution in [0.4, 0.5) is 11.6 Å². The molecule has 2 rings (SSSR count). The highest BCUT2D eigenvalue weighted by atomic mass is 16.5. The molecule has 1 aromatic heterocycles. The number of hydrogen-bond donors (Lipinski definition) is 1. The molecule has 1 fully saturated rings. The van der Waals surface area contributed by atoms with Crippen LogP contribution >= 0.6 is 0 Å². The maximum atomic E-state index is 5.45. The van der Waals surface area contributed by atoms with E-state index in [1.54, 1.807) is 0 Å². The van der Waals surface area contributed by atoms with Crippen molar-refractivity contribution in [3.05, 3.63) is 11.9 Å². The smallest absolute Gasteiger partial charge is 0.158 e. The van der Waals surface area contributed by atoms with Gasteiger partial charge in [-0.25, -0.2) is 9.97 Å². The predicted octanol–water partition coefficient (Wildman–Crippen LogP) is 3.07. The molecule has 1 aliphatic carbocycles. The summed E-state index contributed by atoms with van der Waals surface area (Å²) in [6, 6.07) is 2.60. The van der Waals surface area contributed by atoms with Crippen LogP contribution in [0.3, 0.4) is 0 Å². The summed E-state index contributed by atoms with van der Waals surface area (Å²) < 4.78 is 5.45. The van der Waals surface area contributed by atoms with E-state index in [4.69, 9.17) is 4.74 Å². The number of hydrogen-bond acceptors (Lipinski definition) is 5. The first kappa shape index (κ1) is 16.0. The minimum Gasteiger partial charge on any atom is -0.374 e. The summed E-state index contributed by atoms with van der Waals surface area (Å²) in [6.45, 7) is 5.48. The van der Waals surface area contributed by atoms with Crippen LogP contribution in [0.1, 0.15) is 45.4 Å². The number of anilines is 2. The summed E-state index contributed by atoms with van der Waals surface area (Å²) in [4.78, 5) is 11.4. The highest BCUT2D eigenvalue weighted by Crippen LogP contribution is 2.29. The number of ether oxygens (including phenoxy) is 1. The van der Waals surface area contributed by atoms with Crippen molar-refractivity contribution >= 4 is 11.6 Å². The Bertz CT molecular complexity index is 452. The van der Waals surface area contributed by atoms with E-state index in [-0.39, 0.29) is 0 Å². The van der Waals surface area contributed by atoms with Gasteiger partial charge in [0.05, 0.1) is 0 Å². The third-order valence-electron chi connectivity index (χ3n) is 4.27. The monoisotopic (exact) mass is 292 g/mol. The first-order valence-corrected chi connectivity index (χ1v) is 8.00. The molecule has 1 heterocycles. The standard InChI is InChI=1S/C16H28N4O/c1-5-21-11-15-18-14(17-3)10-16(19-15)20(4)13-8-6-7-12(2)9-13/h10,12-13H,5-9,11H2,1-4H3,(H,17,18,19). The predicted molar refractivity (Wildman–Crippen MR) is 86.7 cm³/mol. The SMILES string of the molecule is CCOCc1nc(NC)cc(N(C)C2CCCC(C)C2)n1. The second-order valence-corrected chi connectivity index (χ2v) is 5.95. The van der Waals surface area contributed by atoms with E-state index in [0.29, 0.717) is 19.3 Å². The van der Waals surface area contributed by atoms with E-state index in [0.717, 1.165) is 23.4 Å². The molecule has 5 nitrogen and oxygen atoms in total. The molecule has 0 aliphatic heterocycles. The van der Waals surface area contributed by atoms with E-state index in [1.807, 2.05) is 20.0 Å². The molecule has 21 heavy (non-hydrogen) atoms. The molecule has 5 heteroatoms. The molecule has 1 saturated carbocycles. The van der Waals surface area contributed by atoms with Crippen LogP contribution in [0.5, 0.6) is 0 Å². The van der Waals surface area contributed by atoms with Gasteiger partial charge in [-0.1, -0.05) is 19.8 Å². The van der Waals surface area contributed by atoms with Gasteiger partial charge in [0.1, 0.15) is 18.2 Å². The molecule has 0 bridgehead atoms. The van der Waals surface area contributed by atoms with Crippen LogP contribution in [0.2, 0.25) is 0 Å². The molecule has 1 aromatic rings. The second-order valence-electron chi connectivity index (χ2n) is 5.95. The van der Waals surface area contributed by atoms with Gasteiger partial charge in [-0.05, 0) is 25.7 Å². The average molecular weight is 292 g/mol. The van der Waals surface area contributed by atoms with Gasteiger partial charge in [0.15, 0.2) is 5.82 Å². The largest absolute Gasteiger partial charge is 0.374 e. The van der Waals surface area contributed by atoms with Crippen molar-refractivity contribution in [3.63, 3.8) is 0 Å². The molecule has 0 radical (unpaired) electrons. The van der Waals surface area contributed by atoms with Crippen molar-refractivity contribution in [1.82, 2.24) is 9.97 Å². The Labute approximate surface area is 128 Å². The van der Waals surface area contributed by atoms with Gasteiger partial charge in [-0.3, -0.25) is 0 Å². The van der Waals surface area contributed by atoms with Crippen LogP contribution in [-0.4, -0.2) is 36.7 Å². The Hall–Kier alpha value is -1.36. The van der Waals surface area contributed by atoms with Crippen molar-refractivity contribution < 1.29 is 4.74 Å². The Morgan fingerprint density at radius 1 is 1.38 bits per heavy atom. The van der Waals surface area contributed by atoms with Gasteiger partial charge in [-0.2, -0.15) is 0 Å². The topological polar surface area (TPSA) is 50.3 Å². The maximum absolute atomic E-state index is 5.45. The lowest BCUT2D eigenvalue weighted by Crippen LogP contribution is -2.36. The minimum atomic E-state index is 0.466. The molecular weight excluding hydrogens is 264 g/mol. The Balaban J connectivity index is 2.16. The van der Waals surface area contributed by atoms with Crippen LogP contribution < -0.4 is 10.2 Å². The van der Waals surface area contributed by atoms with Gasteiger partial charge in [-0.15, -0.1) is 0 Å². The first-order valence-electron chi connectivity index (χ1n) is 8.00. The fourth-order valence-electron chi connectivity index (χ4n) is 2.99. The fraction of sp³-hybridized carbons (Fsp3) is 0.750. The van der Waals surface area contributed by atoms with Crippen LogP contribution in [0.15, 0.2) is 6.07 Å². The zero-order chi connectivity index (χ0) is 15.2. The number of rotatable bonds is 6. The summed E-state index contributed by atoms with van der Waals surface area (Å²) in [5.41, 5.74) is 0. The summed E-state index contributed by atoms with van der Waals surface area (Å²) in [5.74, 6) is 3.39. The van der Waals surface area contributed by atoms with Gasteiger partial charge >= 0.3 is 0 Å². The lowest BCUT2D eigenvalue weighted by atomic mass is 9.86. The van der Waals surface area contributed by atoms with E-state index < -0.39 is 0 Å². The third-order valence-corrected chi connectivity index (χ3v) is 4.27. The molecule has 0 saturated heterocycles. The molecule has 2 atom stereocenters. The number of nitrogens with one attached hydrogen (secondary N) is 1. The molecule has 2 unspecified atom stereocenters. The van der Waals surface area contributed by atoms with Gasteiger partial charge in [0, 0.05) is 32.8 Å². The lowest BCUT2D eigenvalue weighted by Gasteiger charge is -2.35. The van der Waals surface area contributed by atoms with Crippen LogP contribution in [0, 0.1) is 5.92 Å². The Kier molecular flexibility index (Phi) is 5.79. The van der Waals surface area contributed by atoms with Crippen molar-refractivity contribution in [3.8, 4) is 0 Å². The third kappa shape index (κ3) is 4.30. The molecule has 0 spiro atoms. The number of nitrogens with zero attached hydrogens (tertiary/aromatic N) is 3. The Morgan fingerprint density at radius 3 is 2.86 bits per heavy atom. The normalized spacial score (nSPS) is 22.1. The molecule has 1 aliphatic rings. The zero-order valence-electron chi connectivity index (χ0n) is 13.7. The molecule has 1 N–H and O–H groups in total. The van der Waals surface area contributed by atoms with Crippen molar-refractivity contribution in [2.45, 2.75) is 52.2 Å². The van der Waals surface area contributed by atoms with Gasteiger partial charge in [0.2, 0.25) is 0 Å². The lowest BCUT2D eigenvalue weighted by molar-refractivity contribution is 0.128. The van der Waals surface area contributed by atoms with E-state index in [9.17, 15) is 0 Å². The van der Waals surface area contributed by atoms with Gasteiger partial charge < -0.3 is 15.0 Å².